The standard InChI is InChI=1S/C14H13ClN6O.C10H11IN4O/c15-13-9(5-16-6-18-13)11-12-14(19-7-17-11)21(8-20-12)10-3-1-2-4-22-10;11-9-8-10(13-5-12-9)15(6-14-8)7-3-1-2-4-16-7/h5-8,10H,1-4H2;5-7H,1-4H2. The second-order valence-corrected chi connectivity index (χ2v) is 10.3. The van der Waals surface area contributed by atoms with E-state index in [1.165, 1.54) is 19.1 Å². The van der Waals surface area contributed by atoms with Crippen molar-refractivity contribution in [1.29, 1.82) is 0 Å². The summed E-state index contributed by atoms with van der Waals surface area (Å²) in [7, 11) is 0. The normalized spacial score (nSPS) is 19.8. The van der Waals surface area contributed by atoms with Crippen molar-refractivity contribution in [2.75, 3.05) is 13.2 Å². The molecule has 2 saturated heterocycles. The average Bonchev–Trinajstić information content (AvgIpc) is 3.60. The minimum absolute atomic E-state index is 0.0241. The van der Waals surface area contributed by atoms with E-state index < -0.39 is 0 Å². The van der Waals surface area contributed by atoms with Crippen molar-refractivity contribution >= 4 is 56.5 Å². The van der Waals surface area contributed by atoms with E-state index in [2.05, 4.69) is 62.5 Å². The van der Waals surface area contributed by atoms with Crippen molar-refractivity contribution in [3.63, 3.8) is 0 Å². The van der Waals surface area contributed by atoms with Crippen molar-refractivity contribution in [2.45, 2.75) is 51.0 Å². The van der Waals surface area contributed by atoms with E-state index in [-0.39, 0.29) is 12.5 Å². The molecule has 5 aromatic heterocycles. The Balaban J connectivity index is 0.000000146. The quantitative estimate of drug-likeness (QED) is 0.200. The van der Waals surface area contributed by atoms with Crippen LogP contribution < -0.4 is 0 Å². The summed E-state index contributed by atoms with van der Waals surface area (Å²) in [4.78, 5) is 33.9. The van der Waals surface area contributed by atoms with E-state index in [9.17, 15) is 0 Å². The molecule has 0 bridgehead atoms. The Labute approximate surface area is 236 Å². The molecule has 0 aliphatic carbocycles. The molecule has 7 heterocycles. The van der Waals surface area contributed by atoms with Crippen LogP contribution in [0, 0.1) is 3.70 Å². The van der Waals surface area contributed by atoms with Crippen molar-refractivity contribution in [3.05, 3.63) is 46.7 Å². The number of hydrogen-bond donors (Lipinski definition) is 0. The molecule has 38 heavy (non-hydrogen) atoms. The summed E-state index contributed by atoms with van der Waals surface area (Å²) in [5.74, 6) is 0. The minimum Gasteiger partial charge on any atom is -0.358 e. The van der Waals surface area contributed by atoms with Crippen LogP contribution in [0.2, 0.25) is 5.15 Å². The van der Waals surface area contributed by atoms with Crippen LogP contribution >= 0.6 is 34.2 Å². The largest absolute Gasteiger partial charge is 0.358 e. The fourth-order valence-corrected chi connectivity index (χ4v) is 5.34. The zero-order valence-electron chi connectivity index (χ0n) is 20.3. The monoisotopic (exact) mass is 646 g/mol. The number of aromatic nitrogens is 10. The molecule has 0 N–H and O–H groups in total. The van der Waals surface area contributed by atoms with Crippen molar-refractivity contribution in [3.8, 4) is 11.3 Å². The number of imidazole rings is 2. The van der Waals surface area contributed by atoms with Gasteiger partial charge in [-0.15, -0.1) is 0 Å². The van der Waals surface area contributed by atoms with Gasteiger partial charge >= 0.3 is 0 Å². The Kier molecular flexibility index (Phi) is 7.67. The second kappa shape index (κ2) is 11.5. The van der Waals surface area contributed by atoms with Gasteiger partial charge in [-0.25, -0.2) is 39.9 Å². The van der Waals surface area contributed by atoms with E-state index >= 15 is 0 Å². The van der Waals surface area contributed by atoms with Crippen molar-refractivity contribution in [1.82, 2.24) is 49.0 Å². The van der Waals surface area contributed by atoms with Gasteiger partial charge in [-0.05, 0) is 61.1 Å². The van der Waals surface area contributed by atoms with Gasteiger partial charge in [-0.1, -0.05) is 11.6 Å². The van der Waals surface area contributed by atoms with Crippen LogP contribution in [0.15, 0.2) is 37.8 Å². The molecule has 2 unspecified atom stereocenters. The number of hydrogen-bond acceptors (Lipinski definition) is 10. The third kappa shape index (κ3) is 5.07. The predicted molar refractivity (Wildman–Crippen MR) is 147 cm³/mol. The number of halogens is 2. The molecule has 2 fully saturated rings. The summed E-state index contributed by atoms with van der Waals surface area (Å²) in [6, 6.07) is 0. The summed E-state index contributed by atoms with van der Waals surface area (Å²) < 4.78 is 16.4. The highest BCUT2D eigenvalue weighted by Crippen LogP contribution is 2.31. The topological polar surface area (TPSA) is 131 Å². The van der Waals surface area contributed by atoms with E-state index in [0.29, 0.717) is 21.9 Å². The molecule has 196 valence electrons. The first-order valence-corrected chi connectivity index (χ1v) is 13.9. The Morgan fingerprint density at radius 3 is 2.00 bits per heavy atom. The van der Waals surface area contributed by atoms with Crippen molar-refractivity contribution < 1.29 is 9.47 Å². The third-order valence-electron chi connectivity index (χ3n) is 6.52. The molecular formula is C24H24ClIN10O2. The van der Waals surface area contributed by atoms with Crippen LogP contribution in [0.4, 0.5) is 0 Å². The molecule has 0 radical (unpaired) electrons. The number of rotatable bonds is 3. The molecule has 2 aliphatic heterocycles. The van der Waals surface area contributed by atoms with Crippen LogP contribution in [0.5, 0.6) is 0 Å². The zero-order valence-corrected chi connectivity index (χ0v) is 23.2. The summed E-state index contributed by atoms with van der Waals surface area (Å²) in [6.45, 7) is 1.59. The predicted octanol–water partition coefficient (Wildman–Crippen LogP) is 4.77. The van der Waals surface area contributed by atoms with Gasteiger partial charge in [0.25, 0.3) is 0 Å². The molecule has 2 atom stereocenters. The van der Waals surface area contributed by atoms with E-state index in [4.69, 9.17) is 21.1 Å². The lowest BCUT2D eigenvalue weighted by Gasteiger charge is -2.23. The summed E-state index contributed by atoms with van der Waals surface area (Å²) in [6.07, 6.45) is 16.3. The molecule has 14 heteroatoms. The molecular weight excluding hydrogens is 623 g/mol. The van der Waals surface area contributed by atoms with Gasteiger partial charge in [0.2, 0.25) is 0 Å². The number of fused-ring (bicyclic) bond motifs is 2. The van der Waals surface area contributed by atoms with Crippen LogP contribution in [-0.4, -0.2) is 62.2 Å². The highest BCUT2D eigenvalue weighted by molar-refractivity contribution is 14.1. The van der Waals surface area contributed by atoms with Crippen LogP contribution in [0.25, 0.3) is 33.6 Å². The Morgan fingerprint density at radius 2 is 1.37 bits per heavy atom. The maximum absolute atomic E-state index is 6.14. The molecule has 5 aromatic rings. The van der Waals surface area contributed by atoms with Gasteiger partial charge in [-0.3, -0.25) is 9.13 Å². The van der Waals surface area contributed by atoms with Crippen LogP contribution in [0.3, 0.4) is 0 Å². The van der Waals surface area contributed by atoms with Gasteiger partial charge in [0.05, 0.1) is 18.2 Å². The highest BCUT2D eigenvalue weighted by Gasteiger charge is 2.22. The molecule has 0 saturated carbocycles. The Hall–Kier alpha value is -2.88. The van der Waals surface area contributed by atoms with Crippen LogP contribution in [-0.2, 0) is 9.47 Å². The smallest absolute Gasteiger partial charge is 0.166 e. The van der Waals surface area contributed by atoms with Gasteiger partial charge < -0.3 is 9.47 Å². The lowest BCUT2D eigenvalue weighted by atomic mass is 10.2. The zero-order chi connectivity index (χ0) is 25.9. The molecule has 0 spiro atoms. The van der Waals surface area contributed by atoms with E-state index in [1.807, 2.05) is 9.13 Å². The maximum atomic E-state index is 6.14. The molecule has 7 rings (SSSR count). The van der Waals surface area contributed by atoms with Gasteiger partial charge in [0, 0.05) is 19.4 Å². The molecule has 12 nitrogen and oxygen atoms in total. The lowest BCUT2D eigenvalue weighted by molar-refractivity contribution is -0.0299. The van der Waals surface area contributed by atoms with E-state index in [0.717, 1.165) is 65.8 Å². The fraction of sp³-hybridized carbons (Fsp3) is 0.417. The lowest BCUT2D eigenvalue weighted by Crippen LogP contribution is -2.17. The van der Waals surface area contributed by atoms with Gasteiger partial charge in [0.1, 0.15) is 57.0 Å². The fourth-order valence-electron chi connectivity index (χ4n) is 4.65. The summed E-state index contributed by atoms with van der Waals surface area (Å²) in [5, 5.41) is 0.346. The molecule has 0 aromatic carbocycles. The average molecular weight is 647 g/mol. The first kappa shape index (κ1) is 25.4. The first-order valence-electron chi connectivity index (χ1n) is 12.4. The summed E-state index contributed by atoms with van der Waals surface area (Å²) in [5.41, 5.74) is 4.41. The number of ether oxygens (including phenoxy) is 2. The van der Waals surface area contributed by atoms with Crippen molar-refractivity contribution in [2.24, 2.45) is 0 Å². The third-order valence-corrected chi connectivity index (χ3v) is 7.61. The Bertz CT molecular complexity index is 1550. The maximum Gasteiger partial charge on any atom is 0.166 e. The van der Waals surface area contributed by atoms with Gasteiger partial charge in [-0.2, -0.15) is 0 Å². The summed E-state index contributed by atoms with van der Waals surface area (Å²) >= 11 is 8.32. The highest BCUT2D eigenvalue weighted by atomic mass is 127. The second-order valence-electron chi connectivity index (χ2n) is 8.90. The first-order chi connectivity index (χ1) is 18.7. The van der Waals surface area contributed by atoms with Gasteiger partial charge in [0.15, 0.2) is 11.3 Å². The minimum atomic E-state index is -0.0241. The Morgan fingerprint density at radius 1 is 0.737 bits per heavy atom. The molecule has 2 aliphatic rings. The SMILES string of the molecule is Clc1ncncc1-c1ncnc2c1ncn2C1CCCCO1.Ic1ncnc2c1ncn2C1CCCCO1. The van der Waals surface area contributed by atoms with Crippen LogP contribution in [0.1, 0.15) is 51.0 Å². The molecule has 0 amide bonds. The van der Waals surface area contributed by atoms with E-state index in [1.54, 1.807) is 25.2 Å². The number of nitrogens with zero attached hydrogens (tertiary/aromatic N) is 10.